The second kappa shape index (κ2) is 13.2. The van der Waals surface area contributed by atoms with Crippen LogP contribution in [0.25, 0.3) is 44.8 Å². The van der Waals surface area contributed by atoms with Gasteiger partial charge in [-0.05, 0) is 127 Å². The lowest BCUT2D eigenvalue weighted by Gasteiger charge is -2.27. The Morgan fingerprint density at radius 2 is 1.24 bits per heavy atom. The molecule has 2 bridgehead atoms. The quantitative estimate of drug-likeness (QED) is 0.181. The highest BCUT2D eigenvalue weighted by Crippen LogP contribution is 2.57. The fourth-order valence-electron chi connectivity index (χ4n) is 9.20. The summed E-state index contributed by atoms with van der Waals surface area (Å²) < 4.78 is 11.4. The zero-order valence-electron chi connectivity index (χ0n) is 32.6. The number of carbonyl (C=O) groups excluding carboxylic acids is 2. The van der Waals surface area contributed by atoms with Gasteiger partial charge < -0.3 is 19.4 Å². The highest BCUT2D eigenvalue weighted by atomic mass is 16.6. The molecular weight excluding hydrogens is 693 g/mol. The van der Waals surface area contributed by atoms with E-state index in [2.05, 4.69) is 46.4 Å². The zero-order valence-corrected chi connectivity index (χ0v) is 32.6. The highest BCUT2D eigenvalue weighted by Gasteiger charge is 2.42. The fraction of sp³-hybridized carbons (Fsp3) is 0.488. The molecule has 9 rings (SSSR count). The summed E-state index contributed by atoms with van der Waals surface area (Å²) in [4.78, 5) is 46.2. The minimum absolute atomic E-state index is 0.132. The summed E-state index contributed by atoms with van der Waals surface area (Å²) in [5.74, 6) is 2.51. The molecule has 2 N–H and O–H groups in total. The van der Waals surface area contributed by atoms with Crippen molar-refractivity contribution in [2.24, 2.45) is 0 Å². The third-order valence-corrected chi connectivity index (χ3v) is 11.5. The summed E-state index contributed by atoms with van der Waals surface area (Å²) in [6, 6.07) is 14.5. The number of benzene rings is 2. The van der Waals surface area contributed by atoms with Crippen LogP contribution in [0.5, 0.6) is 0 Å². The Hall–Kier alpha value is -5.26. The van der Waals surface area contributed by atoms with Gasteiger partial charge >= 0.3 is 12.2 Å². The van der Waals surface area contributed by atoms with Crippen LogP contribution in [0, 0.1) is 0 Å². The van der Waals surface area contributed by atoms with E-state index in [1.165, 1.54) is 24.0 Å². The molecule has 5 heterocycles. The molecule has 2 aliphatic heterocycles. The number of ether oxygens (including phenoxy) is 2. The lowest BCUT2D eigenvalue weighted by atomic mass is 9.86. The first-order valence-corrected chi connectivity index (χ1v) is 19.8. The average Bonchev–Trinajstić information content (AvgIpc) is 3.98. The molecule has 5 aromatic rings. The van der Waals surface area contributed by atoms with E-state index in [-0.39, 0.29) is 24.3 Å². The molecule has 3 fully saturated rings. The van der Waals surface area contributed by atoms with Crippen LogP contribution in [0.4, 0.5) is 9.59 Å². The van der Waals surface area contributed by atoms with E-state index in [1.807, 2.05) is 53.8 Å². The van der Waals surface area contributed by atoms with Gasteiger partial charge in [-0.1, -0.05) is 30.3 Å². The van der Waals surface area contributed by atoms with Crippen LogP contribution in [0.2, 0.25) is 0 Å². The van der Waals surface area contributed by atoms with Crippen LogP contribution in [-0.2, 0) is 9.47 Å². The van der Waals surface area contributed by atoms with Gasteiger partial charge in [0, 0.05) is 24.2 Å². The number of likely N-dealkylation sites (tertiary alicyclic amines) is 2. The zero-order chi connectivity index (χ0) is 38.2. The van der Waals surface area contributed by atoms with E-state index in [4.69, 9.17) is 29.6 Å². The normalized spacial score (nSPS) is 22.1. The molecule has 2 aromatic carbocycles. The number of fused-ring (bicyclic) bond motifs is 6. The monoisotopic (exact) mass is 742 g/mol. The van der Waals surface area contributed by atoms with Crippen LogP contribution in [0.15, 0.2) is 48.7 Å². The molecule has 3 unspecified atom stereocenters. The van der Waals surface area contributed by atoms with Crippen LogP contribution in [0.1, 0.15) is 133 Å². The lowest BCUT2D eigenvalue weighted by molar-refractivity contribution is 0.0208. The number of imidazole rings is 2. The second-order valence-corrected chi connectivity index (χ2v) is 17.7. The van der Waals surface area contributed by atoms with Gasteiger partial charge in [0.05, 0.1) is 46.4 Å². The molecule has 0 spiro atoms. The van der Waals surface area contributed by atoms with Crippen LogP contribution >= 0.6 is 0 Å². The molecule has 12 heteroatoms. The number of hydrogen-bond donors (Lipinski definition) is 2. The van der Waals surface area contributed by atoms with E-state index in [0.29, 0.717) is 24.9 Å². The Labute approximate surface area is 321 Å². The summed E-state index contributed by atoms with van der Waals surface area (Å²) >= 11 is 0. The van der Waals surface area contributed by atoms with Crippen molar-refractivity contribution in [1.82, 2.24) is 39.9 Å². The number of nitrogens with zero attached hydrogens (tertiary/aromatic N) is 6. The summed E-state index contributed by atoms with van der Waals surface area (Å²) in [5.41, 5.74) is 9.29. The number of aromatic nitrogens is 6. The molecule has 2 amide bonds. The van der Waals surface area contributed by atoms with Gasteiger partial charge in [0.15, 0.2) is 0 Å². The summed E-state index contributed by atoms with van der Waals surface area (Å²) in [5, 5.41) is 9.86. The van der Waals surface area contributed by atoms with Gasteiger partial charge in [-0.3, -0.25) is 9.80 Å². The fourth-order valence-corrected chi connectivity index (χ4v) is 9.20. The maximum Gasteiger partial charge on any atom is 0.410 e. The molecule has 4 atom stereocenters. The van der Waals surface area contributed by atoms with Crippen molar-refractivity contribution in [1.29, 1.82) is 0 Å². The van der Waals surface area contributed by atoms with Crippen molar-refractivity contribution < 1.29 is 19.1 Å². The Morgan fingerprint density at radius 3 is 1.84 bits per heavy atom. The largest absolute Gasteiger partial charge is 0.444 e. The maximum atomic E-state index is 13.0. The molecule has 2 aliphatic carbocycles. The first kappa shape index (κ1) is 35.4. The van der Waals surface area contributed by atoms with Gasteiger partial charge in [0.2, 0.25) is 0 Å². The van der Waals surface area contributed by atoms with E-state index in [0.717, 1.165) is 88.6 Å². The summed E-state index contributed by atoms with van der Waals surface area (Å²) in [6.45, 7) is 12.7. The van der Waals surface area contributed by atoms with Gasteiger partial charge in [-0.15, -0.1) is 10.2 Å². The SMILES string of the molecule is CC(C)(C)OC(=O)N1CCCC1c1nc2ccc(-c3nnc(-c4ccc(-c5cnc([C@@H]6CCCN6C(=O)OC(C)(C)C)[nH]5)cc4)c4c3C3CCC4C3)cc2[nH]1. The predicted octanol–water partition coefficient (Wildman–Crippen LogP) is 9.59. The van der Waals surface area contributed by atoms with Crippen molar-refractivity contribution >= 4 is 23.2 Å². The first-order chi connectivity index (χ1) is 26.3. The Balaban J connectivity index is 0.972. The minimum Gasteiger partial charge on any atom is -0.444 e. The smallest absolute Gasteiger partial charge is 0.410 e. The van der Waals surface area contributed by atoms with Crippen molar-refractivity contribution in [2.45, 2.75) is 122 Å². The molecule has 3 aromatic heterocycles. The summed E-state index contributed by atoms with van der Waals surface area (Å²) in [6.07, 6.45) is 8.25. The number of nitrogens with one attached hydrogen (secondary N) is 2. The van der Waals surface area contributed by atoms with E-state index in [9.17, 15) is 9.59 Å². The summed E-state index contributed by atoms with van der Waals surface area (Å²) in [7, 11) is 0. The number of amides is 2. The Kier molecular flexibility index (Phi) is 8.51. The molecule has 4 aliphatic rings. The predicted molar refractivity (Wildman–Crippen MR) is 209 cm³/mol. The number of aromatic amines is 2. The van der Waals surface area contributed by atoms with Gasteiger partial charge in [0.25, 0.3) is 0 Å². The molecule has 12 nitrogen and oxygen atoms in total. The van der Waals surface area contributed by atoms with Gasteiger partial charge in [-0.25, -0.2) is 19.6 Å². The van der Waals surface area contributed by atoms with Gasteiger partial charge in [-0.2, -0.15) is 0 Å². The Bertz CT molecular complexity index is 2280. The standard InChI is InChI=1S/C43H50N8O4/c1-42(2,3)54-40(52)50-19-7-9-32(50)38-44-23-31(47-38)24-11-13-25(14-12-24)36-34-26-15-16-27(21-26)35(34)37(49-48-36)28-17-18-29-30(22-28)46-39(45-29)33-10-8-20-51(33)41(53)55-43(4,5)6/h11-14,17-18,22-23,26-27,32-33H,7-10,15-16,19-21H2,1-6H3,(H,44,47)(H,45,46)/t26?,27?,32-,33?/m0/s1. The number of H-pyrrole nitrogens is 2. The third-order valence-electron chi connectivity index (χ3n) is 11.5. The average molecular weight is 743 g/mol. The molecule has 1 saturated carbocycles. The number of hydrogen-bond acceptors (Lipinski definition) is 8. The maximum absolute atomic E-state index is 13.0. The number of carbonyl (C=O) groups is 2. The van der Waals surface area contributed by atoms with E-state index < -0.39 is 11.2 Å². The van der Waals surface area contributed by atoms with Crippen molar-refractivity contribution in [3.63, 3.8) is 0 Å². The van der Waals surface area contributed by atoms with Crippen LogP contribution in [0.3, 0.4) is 0 Å². The van der Waals surface area contributed by atoms with Crippen LogP contribution in [-0.4, -0.2) is 76.4 Å². The topological polar surface area (TPSA) is 142 Å². The molecule has 0 radical (unpaired) electrons. The molecule has 55 heavy (non-hydrogen) atoms. The van der Waals surface area contributed by atoms with Crippen molar-refractivity contribution in [3.05, 3.63) is 71.4 Å². The first-order valence-electron chi connectivity index (χ1n) is 19.8. The van der Waals surface area contributed by atoms with E-state index in [1.54, 1.807) is 9.80 Å². The highest BCUT2D eigenvalue weighted by molar-refractivity contribution is 5.84. The van der Waals surface area contributed by atoms with Gasteiger partial charge in [0.1, 0.15) is 22.9 Å². The lowest BCUT2D eigenvalue weighted by Crippen LogP contribution is -2.36. The minimum atomic E-state index is -0.554. The van der Waals surface area contributed by atoms with E-state index >= 15 is 0 Å². The molecular formula is C43H50N8O4. The molecule has 286 valence electrons. The second-order valence-electron chi connectivity index (χ2n) is 17.7. The van der Waals surface area contributed by atoms with Crippen LogP contribution < -0.4 is 0 Å². The van der Waals surface area contributed by atoms with Crippen molar-refractivity contribution in [3.8, 4) is 33.8 Å². The molecule has 2 saturated heterocycles. The Morgan fingerprint density at radius 1 is 0.691 bits per heavy atom. The van der Waals surface area contributed by atoms with Crippen molar-refractivity contribution in [2.75, 3.05) is 13.1 Å². The third kappa shape index (κ3) is 6.63. The number of rotatable bonds is 5.